The zero-order valence-electron chi connectivity index (χ0n) is 28.3. The maximum atomic E-state index is 15.1. The number of aliphatic hydroxyl groups excluding tert-OH is 1. The zero-order chi connectivity index (χ0) is 35.5. The first-order chi connectivity index (χ1) is 24.0. The number of amides is 2. The van der Waals surface area contributed by atoms with Crippen LogP contribution in [0.3, 0.4) is 0 Å². The molecule has 1 aromatic heterocycles. The predicted octanol–water partition coefficient (Wildman–Crippen LogP) is 6.67. The molecular formula is C40H41FN4O3S2. The van der Waals surface area contributed by atoms with Crippen molar-refractivity contribution in [2.75, 3.05) is 6.54 Å². The second kappa shape index (κ2) is 14.9. The summed E-state index contributed by atoms with van der Waals surface area (Å²) in [5, 5.41) is 13.5. The number of aliphatic hydroxyl groups is 1. The number of thiazole rings is 1. The van der Waals surface area contributed by atoms with Crippen molar-refractivity contribution in [1.29, 1.82) is 0 Å². The molecule has 1 aliphatic heterocycles. The van der Waals surface area contributed by atoms with Gasteiger partial charge in [-0.15, -0.1) is 23.1 Å². The maximum absolute atomic E-state index is 15.1. The van der Waals surface area contributed by atoms with Gasteiger partial charge in [0.25, 0.3) is 0 Å². The van der Waals surface area contributed by atoms with Gasteiger partial charge < -0.3 is 21.1 Å². The Morgan fingerprint density at radius 1 is 0.980 bits per heavy atom. The highest BCUT2D eigenvalue weighted by atomic mass is 32.2. The third kappa shape index (κ3) is 7.11. The molecule has 0 saturated carbocycles. The number of carbonyl (C=O) groups is 2. The number of likely N-dealkylation sites (tertiary alicyclic amines) is 1. The lowest BCUT2D eigenvalue weighted by molar-refractivity contribution is -0.140. The van der Waals surface area contributed by atoms with E-state index in [1.165, 1.54) is 22.3 Å². The van der Waals surface area contributed by atoms with Crippen molar-refractivity contribution in [2.45, 2.75) is 61.4 Å². The number of hydrogen-bond donors (Lipinski definition) is 3. The molecule has 4 N–H and O–H groups in total. The van der Waals surface area contributed by atoms with Gasteiger partial charge in [0.05, 0.1) is 33.0 Å². The van der Waals surface area contributed by atoms with Crippen LogP contribution in [0.5, 0.6) is 0 Å². The number of nitrogens with zero attached hydrogens (tertiary/aromatic N) is 2. The number of β-amino-alcohol motifs (C(OH)–C–C–N with tert-alkyl or cyclic N) is 1. The highest BCUT2D eigenvalue weighted by Gasteiger charge is 2.49. The molecule has 258 valence electrons. The van der Waals surface area contributed by atoms with E-state index in [4.69, 9.17) is 5.73 Å². The molecule has 1 fully saturated rings. The molecule has 3 atom stereocenters. The Morgan fingerprint density at radius 2 is 1.54 bits per heavy atom. The minimum absolute atomic E-state index is 0.0240. The molecule has 10 heteroatoms. The maximum Gasteiger partial charge on any atom is 0.243 e. The molecule has 2 amide bonds. The van der Waals surface area contributed by atoms with Gasteiger partial charge in [-0.3, -0.25) is 9.59 Å². The van der Waals surface area contributed by atoms with Crippen molar-refractivity contribution in [3.05, 3.63) is 148 Å². The quantitative estimate of drug-likeness (QED) is 0.132. The summed E-state index contributed by atoms with van der Waals surface area (Å²) in [5.41, 5.74) is 13.6. The van der Waals surface area contributed by atoms with Crippen LogP contribution >= 0.6 is 23.1 Å². The lowest BCUT2D eigenvalue weighted by atomic mass is 9.84. The summed E-state index contributed by atoms with van der Waals surface area (Å²) in [6, 6.07) is 33.4. The Morgan fingerprint density at radius 3 is 2.04 bits per heavy atom. The highest BCUT2D eigenvalue weighted by Crippen LogP contribution is 2.54. The van der Waals surface area contributed by atoms with Crippen LogP contribution < -0.4 is 11.1 Å². The standard InChI is InChI=1S/C40H41FN4O3S2/c1-26-35(49-25-44-26)27-19-20-28(33(41)21-27)23-43-37(47)34-22-32(46)24-45(34)38(48)36(42)39(2,3)50-40(29-13-7-4-8-14-29,30-15-9-5-10-16-30)31-17-11-6-12-18-31/h4-21,25,32,34,36,46H,22-24,42H2,1-3H3,(H,43,47)/t32-,34-,36?/m1/s1. The van der Waals surface area contributed by atoms with Gasteiger partial charge in [-0.25, -0.2) is 9.37 Å². The van der Waals surface area contributed by atoms with Crippen LogP contribution in [0, 0.1) is 12.7 Å². The molecule has 1 unspecified atom stereocenters. The molecule has 2 heterocycles. The van der Waals surface area contributed by atoms with Gasteiger partial charge in [0.1, 0.15) is 11.9 Å². The summed E-state index contributed by atoms with van der Waals surface area (Å²) in [5.74, 6) is -1.35. The van der Waals surface area contributed by atoms with E-state index in [9.17, 15) is 14.7 Å². The molecule has 7 nitrogen and oxygen atoms in total. The van der Waals surface area contributed by atoms with Gasteiger partial charge in [-0.2, -0.15) is 0 Å². The number of nitrogens with one attached hydrogen (secondary N) is 1. The molecule has 0 bridgehead atoms. The van der Waals surface area contributed by atoms with Gasteiger partial charge in [0.2, 0.25) is 11.8 Å². The number of nitrogens with two attached hydrogens (primary N) is 1. The summed E-state index contributed by atoms with van der Waals surface area (Å²) in [6.45, 7) is 5.68. The molecule has 0 aliphatic carbocycles. The van der Waals surface area contributed by atoms with E-state index in [1.54, 1.807) is 29.4 Å². The molecule has 1 saturated heterocycles. The average Bonchev–Trinajstić information content (AvgIpc) is 3.75. The van der Waals surface area contributed by atoms with Crippen molar-refractivity contribution in [3.8, 4) is 10.4 Å². The van der Waals surface area contributed by atoms with Crippen LogP contribution in [0.4, 0.5) is 4.39 Å². The third-order valence-corrected chi connectivity index (χ3v) is 12.1. The smallest absolute Gasteiger partial charge is 0.243 e. The van der Waals surface area contributed by atoms with E-state index in [0.29, 0.717) is 5.56 Å². The minimum Gasteiger partial charge on any atom is -0.391 e. The second-order valence-electron chi connectivity index (χ2n) is 13.1. The lowest BCUT2D eigenvalue weighted by Crippen LogP contribution is -2.57. The normalized spacial score (nSPS) is 17.0. The number of aromatic nitrogens is 1. The number of halogens is 1. The van der Waals surface area contributed by atoms with Crippen molar-refractivity contribution in [2.24, 2.45) is 5.73 Å². The molecule has 5 aromatic rings. The third-order valence-electron chi connectivity index (χ3n) is 9.35. The predicted molar refractivity (Wildman–Crippen MR) is 199 cm³/mol. The largest absolute Gasteiger partial charge is 0.391 e. The topological polar surface area (TPSA) is 109 Å². The molecular weight excluding hydrogens is 668 g/mol. The summed E-state index contributed by atoms with van der Waals surface area (Å²) in [6.07, 6.45) is -0.834. The Labute approximate surface area is 300 Å². The van der Waals surface area contributed by atoms with Gasteiger partial charge in [-0.05, 0) is 49.1 Å². The second-order valence-corrected chi connectivity index (χ2v) is 15.9. The van der Waals surface area contributed by atoms with E-state index in [0.717, 1.165) is 32.8 Å². The number of benzene rings is 4. The summed E-state index contributed by atoms with van der Waals surface area (Å²) < 4.78 is 13.5. The lowest BCUT2D eigenvalue weighted by Gasteiger charge is -2.44. The number of thioether (sulfide) groups is 1. The fraction of sp³-hybridized carbons (Fsp3) is 0.275. The Kier molecular flexibility index (Phi) is 10.5. The molecule has 0 radical (unpaired) electrons. The number of aryl methyl sites for hydroxylation is 1. The molecule has 50 heavy (non-hydrogen) atoms. The average molecular weight is 709 g/mol. The summed E-state index contributed by atoms with van der Waals surface area (Å²) in [4.78, 5) is 34.3. The number of carbonyl (C=O) groups excluding carboxylic acids is 2. The van der Waals surface area contributed by atoms with E-state index in [-0.39, 0.29) is 19.5 Å². The van der Waals surface area contributed by atoms with Gasteiger partial charge >= 0.3 is 0 Å². The first-order valence-electron chi connectivity index (χ1n) is 16.6. The van der Waals surface area contributed by atoms with Crippen molar-refractivity contribution in [1.82, 2.24) is 15.2 Å². The fourth-order valence-electron chi connectivity index (χ4n) is 6.65. The van der Waals surface area contributed by atoms with Crippen LogP contribution in [0.15, 0.2) is 115 Å². The van der Waals surface area contributed by atoms with E-state index in [1.807, 2.05) is 75.4 Å². The van der Waals surface area contributed by atoms with Gasteiger partial charge in [0.15, 0.2) is 0 Å². The molecule has 4 aromatic carbocycles. The first-order valence-corrected chi connectivity index (χ1v) is 18.3. The first kappa shape index (κ1) is 35.5. The fourth-order valence-corrected chi connectivity index (χ4v) is 9.23. The van der Waals surface area contributed by atoms with Crippen LogP contribution in [0.2, 0.25) is 0 Å². The van der Waals surface area contributed by atoms with Crippen LogP contribution in [-0.2, 0) is 20.9 Å². The minimum atomic E-state index is -1.04. The van der Waals surface area contributed by atoms with E-state index >= 15 is 4.39 Å². The molecule has 0 spiro atoms. The highest BCUT2D eigenvalue weighted by molar-refractivity contribution is 8.02. The Bertz CT molecular complexity index is 1840. The number of hydrogen-bond acceptors (Lipinski definition) is 7. The summed E-state index contributed by atoms with van der Waals surface area (Å²) >= 11 is 3.03. The molecule has 1 aliphatic rings. The van der Waals surface area contributed by atoms with Crippen LogP contribution in [0.25, 0.3) is 10.4 Å². The molecule has 6 rings (SSSR count). The van der Waals surface area contributed by atoms with Crippen LogP contribution in [-0.4, -0.2) is 56.3 Å². The SMILES string of the molecule is Cc1ncsc1-c1ccc(CNC(=O)[C@H]2C[C@@H](O)CN2C(=O)C(N)C(C)(C)SC(c2ccccc2)(c2ccccc2)c2ccccc2)c(F)c1. The van der Waals surface area contributed by atoms with E-state index in [2.05, 4.69) is 46.7 Å². The Hall–Kier alpha value is -4.35. The monoisotopic (exact) mass is 708 g/mol. The van der Waals surface area contributed by atoms with E-state index < -0.39 is 45.3 Å². The van der Waals surface area contributed by atoms with Crippen LogP contribution in [0.1, 0.15) is 48.2 Å². The summed E-state index contributed by atoms with van der Waals surface area (Å²) in [7, 11) is 0. The number of rotatable bonds is 11. The van der Waals surface area contributed by atoms with Gasteiger partial charge in [-0.1, -0.05) is 103 Å². The zero-order valence-corrected chi connectivity index (χ0v) is 29.9. The van der Waals surface area contributed by atoms with Crippen molar-refractivity contribution in [3.63, 3.8) is 0 Å². The van der Waals surface area contributed by atoms with Crippen molar-refractivity contribution < 1.29 is 19.1 Å². The van der Waals surface area contributed by atoms with Crippen molar-refractivity contribution >= 4 is 34.9 Å². The van der Waals surface area contributed by atoms with Gasteiger partial charge in [0, 0.05) is 29.8 Å². The Balaban J connectivity index is 1.24.